The van der Waals surface area contributed by atoms with Gasteiger partial charge in [0.05, 0.1) is 6.10 Å². The predicted molar refractivity (Wildman–Crippen MR) is 110 cm³/mol. The fourth-order valence-corrected chi connectivity index (χ4v) is 8.12. The largest absolute Gasteiger partial charge is 0.393 e. The van der Waals surface area contributed by atoms with Gasteiger partial charge < -0.3 is 5.11 Å². The van der Waals surface area contributed by atoms with Crippen molar-refractivity contribution in [3.8, 4) is 0 Å². The molecule has 0 aromatic heterocycles. The molecule has 4 aliphatic rings. The highest BCUT2D eigenvalue weighted by atomic mass is 16.3. The fraction of sp³-hybridized carbons (Fsp3) is 0.800. The zero-order chi connectivity index (χ0) is 19.4. The molecule has 8 atom stereocenters. The molecule has 0 spiro atoms. The maximum absolute atomic E-state index is 12.0. The van der Waals surface area contributed by atoms with E-state index in [9.17, 15) is 9.90 Å². The topological polar surface area (TPSA) is 37.3 Å². The van der Waals surface area contributed by atoms with Crippen LogP contribution in [-0.4, -0.2) is 17.0 Å². The summed E-state index contributed by atoms with van der Waals surface area (Å²) in [6.07, 6.45) is 13.8. The Morgan fingerprint density at radius 2 is 1.96 bits per heavy atom. The van der Waals surface area contributed by atoms with Gasteiger partial charge in [-0.1, -0.05) is 32.4 Å². The normalized spacial score (nSPS) is 45.9. The lowest BCUT2D eigenvalue weighted by Crippen LogP contribution is -2.51. The van der Waals surface area contributed by atoms with Crippen molar-refractivity contribution in [3.05, 3.63) is 24.3 Å². The Bertz CT molecular complexity index is 649. The van der Waals surface area contributed by atoms with Crippen LogP contribution in [0.25, 0.3) is 0 Å². The smallest absolute Gasteiger partial charge is 0.155 e. The maximum atomic E-state index is 12.0. The van der Waals surface area contributed by atoms with Gasteiger partial charge in [-0.2, -0.15) is 0 Å². The van der Waals surface area contributed by atoms with Crippen LogP contribution in [0, 0.1) is 40.4 Å². The summed E-state index contributed by atoms with van der Waals surface area (Å²) < 4.78 is 0. The van der Waals surface area contributed by atoms with Crippen LogP contribution in [0.2, 0.25) is 0 Å². The number of ketones is 1. The van der Waals surface area contributed by atoms with E-state index >= 15 is 0 Å². The van der Waals surface area contributed by atoms with E-state index in [-0.39, 0.29) is 11.5 Å². The van der Waals surface area contributed by atoms with Crippen molar-refractivity contribution in [2.24, 2.45) is 40.4 Å². The molecule has 0 saturated heterocycles. The minimum atomic E-state index is -0.247. The summed E-state index contributed by atoms with van der Waals surface area (Å²) in [4.78, 5) is 12.0. The van der Waals surface area contributed by atoms with Crippen LogP contribution in [0.3, 0.4) is 0 Å². The molecule has 2 nitrogen and oxygen atoms in total. The number of fused-ring (bicyclic) bond motifs is 5. The van der Waals surface area contributed by atoms with Gasteiger partial charge in [0.2, 0.25) is 0 Å². The van der Waals surface area contributed by atoms with Crippen LogP contribution < -0.4 is 0 Å². The number of rotatable bonds is 4. The van der Waals surface area contributed by atoms with E-state index in [4.69, 9.17) is 0 Å². The second-order valence-electron chi connectivity index (χ2n) is 10.6. The lowest BCUT2D eigenvalue weighted by molar-refractivity contribution is -0.117. The van der Waals surface area contributed by atoms with Gasteiger partial charge in [-0.3, -0.25) is 4.79 Å². The van der Waals surface area contributed by atoms with Gasteiger partial charge in [0, 0.05) is 6.42 Å². The van der Waals surface area contributed by atoms with Crippen LogP contribution in [0.15, 0.2) is 24.3 Å². The van der Waals surface area contributed by atoms with E-state index in [0.717, 1.165) is 37.0 Å². The standard InChI is InChI=1S/C25H38O2/c1-5-6-23(27)16(2)20-9-10-21-19-8-7-17-15-18(26)11-13-24(17,3)22(19)12-14-25(20,21)4/h5,15-16,19-23,27H,1,6-14H2,2-4H3/t16-,19-,20+,21-,22-,23-,24-,25+/m0/s1. The maximum Gasteiger partial charge on any atom is 0.155 e. The number of hydrogen-bond donors (Lipinski definition) is 1. The molecule has 3 fully saturated rings. The molecule has 0 amide bonds. The van der Waals surface area contributed by atoms with Gasteiger partial charge in [0.1, 0.15) is 0 Å². The molecule has 0 radical (unpaired) electrons. The van der Waals surface area contributed by atoms with Gasteiger partial charge >= 0.3 is 0 Å². The number of aliphatic hydroxyl groups is 1. The zero-order valence-electron chi connectivity index (χ0n) is 17.5. The number of allylic oxidation sites excluding steroid dienone is 1. The van der Waals surface area contributed by atoms with E-state index < -0.39 is 0 Å². The molecule has 4 rings (SSSR count). The SMILES string of the molecule is C=CC[C@H](O)[C@@H](C)[C@H]1CC[C@H]2[C@@H]3CCC4=CC(=O)CC[C@]4(C)[C@H]3CC[C@]12C. The van der Waals surface area contributed by atoms with Crippen LogP contribution in [-0.2, 0) is 4.79 Å². The third-order valence-electron chi connectivity index (χ3n) is 9.69. The van der Waals surface area contributed by atoms with Crippen molar-refractivity contribution in [3.63, 3.8) is 0 Å². The first-order valence-corrected chi connectivity index (χ1v) is 11.3. The van der Waals surface area contributed by atoms with E-state index in [1.54, 1.807) is 0 Å². The fourth-order valence-electron chi connectivity index (χ4n) is 8.12. The molecule has 4 aliphatic carbocycles. The van der Waals surface area contributed by atoms with Gasteiger partial charge in [0.25, 0.3) is 0 Å². The van der Waals surface area contributed by atoms with Crippen molar-refractivity contribution in [1.29, 1.82) is 0 Å². The predicted octanol–water partition coefficient (Wildman–Crippen LogP) is 5.71. The molecule has 0 heterocycles. The summed E-state index contributed by atoms with van der Waals surface area (Å²) in [7, 11) is 0. The van der Waals surface area contributed by atoms with Crippen LogP contribution >= 0.6 is 0 Å². The summed E-state index contributed by atoms with van der Waals surface area (Å²) in [5.74, 6) is 3.72. The van der Waals surface area contributed by atoms with Crippen molar-refractivity contribution < 1.29 is 9.90 Å². The van der Waals surface area contributed by atoms with Crippen LogP contribution in [0.1, 0.15) is 78.6 Å². The quantitative estimate of drug-likeness (QED) is 0.644. The molecule has 27 heavy (non-hydrogen) atoms. The number of carbonyl (C=O) groups excluding carboxylic acids is 1. The molecule has 0 unspecified atom stereocenters. The Hall–Kier alpha value is -0.890. The first-order chi connectivity index (χ1) is 12.8. The molecule has 3 saturated carbocycles. The molecule has 0 aromatic rings. The highest BCUT2D eigenvalue weighted by Crippen LogP contribution is 2.67. The summed E-state index contributed by atoms with van der Waals surface area (Å²) in [6, 6.07) is 0. The summed E-state index contributed by atoms with van der Waals surface area (Å²) in [5, 5.41) is 10.6. The Labute approximate surface area is 165 Å². The molecule has 0 aromatic carbocycles. The monoisotopic (exact) mass is 370 g/mol. The molecular formula is C25H38O2. The van der Waals surface area contributed by atoms with Gasteiger partial charge in [0.15, 0.2) is 5.78 Å². The summed E-state index contributed by atoms with van der Waals surface area (Å²) >= 11 is 0. The Morgan fingerprint density at radius 3 is 2.70 bits per heavy atom. The second kappa shape index (κ2) is 6.87. The van der Waals surface area contributed by atoms with Gasteiger partial charge in [-0.25, -0.2) is 0 Å². The van der Waals surface area contributed by atoms with Gasteiger partial charge in [-0.05, 0) is 97.9 Å². The lowest BCUT2D eigenvalue weighted by atomic mass is 9.46. The minimum absolute atomic E-state index is 0.247. The number of hydrogen-bond acceptors (Lipinski definition) is 2. The molecular weight excluding hydrogens is 332 g/mol. The third-order valence-corrected chi connectivity index (χ3v) is 9.69. The molecule has 0 aliphatic heterocycles. The zero-order valence-corrected chi connectivity index (χ0v) is 17.5. The number of carbonyl (C=O) groups is 1. The molecule has 1 N–H and O–H groups in total. The van der Waals surface area contributed by atoms with E-state index in [1.807, 2.05) is 12.2 Å². The van der Waals surface area contributed by atoms with Gasteiger partial charge in [-0.15, -0.1) is 6.58 Å². The van der Waals surface area contributed by atoms with Crippen molar-refractivity contribution >= 4 is 5.78 Å². The Balaban J connectivity index is 1.58. The highest BCUT2D eigenvalue weighted by Gasteiger charge is 2.59. The van der Waals surface area contributed by atoms with Crippen LogP contribution in [0.5, 0.6) is 0 Å². The Kier molecular flexibility index (Phi) is 4.94. The average molecular weight is 371 g/mol. The van der Waals surface area contributed by atoms with E-state index in [1.165, 1.54) is 37.7 Å². The van der Waals surface area contributed by atoms with E-state index in [2.05, 4.69) is 27.4 Å². The Morgan fingerprint density at radius 1 is 1.19 bits per heavy atom. The number of aliphatic hydroxyl groups excluding tert-OH is 1. The van der Waals surface area contributed by atoms with Crippen molar-refractivity contribution in [1.82, 2.24) is 0 Å². The summed E-state index contributed by atoms with van der Waals surface area (Å²) in [5.41, 5.74) is 2.11. The average Bonchev–Trinajstić information content (AvgIpc) is 2.99. The first kappa shape index (κ1) is 19.4. The molecule has 150 valence electrons. The first-order valence-electron chi connectivity index (χ1n) is 11.3. The van der Waals surface area contributed by atoms with Crippen molar-refractivity contribution in [2.45, 2.75) is 84.7 Å². The second-order valence-corrected chi connectivity index (χ2v) is 10.6. The highest BCUT2D eigenvalue weighted by molar-refractivity contribution is 5.91. The lowest BCUT2D eigenvalue weighted by Gasteiger charge is -2.58. The summed E-state index contributed by atoms with van der Waals surface area (Å²) in [6.45, 7) is 11.1. The van der Waals surface area contributed by atoms with Crippen molar-refractivity contribution in [2.75, 3.05) is 0 Å². The van der Waals surface area contributed by atoms with E-state index in [0.29, 0.717) is 29.5 Å². The molecule has 2 heteroatoms. The molecule has 0 bridgehead atoms. The minimum Gasteiger partial charge on any atom is -0.393 e. The van der Waals surface area contributed by atoms with Crippen LogP contribution in [0.4, 0.5) is 0 Å². The third kappa shape index (κ3) is 2.89.